The molecule has 3 nitrogen and oxygen atoms in total. The Morgan fingerprint density at radius 2 is 1.48 bits per heavy atom. The van der Waals surface area contributed by atoms with Gasteiger partial charge in [-0.2, -0.15) is 0 Å². The molecule has 1 aromatic heterocycles. The summed E-state index contributed by atoms with van der Waals surface area (Å²) in [6.07, 6.45) is 2.97. The van der Waals surface area contributed by atoms with Gasteiger partial charge < -0.3 is 9.32 Å². The van der Waals surface area contributed by atoms with Gasteiger partial charge in [0.1, 0.15) is 5.58 Å². The lowest BCUT2D eigenvalue weighted by Gasteiger charge is -2.36. The minimum atomic E-state index is 0.991. The zero-order valence-electron chi connectivity index (χ0n) is 16.6. The predicted molar refractivity (Wildman–Crippen MR) is 120 cm³/mol. The number of piperazine rings is 1. The zero-order chi connectivity index (χ0) is 19.5. The molecule has 0 atom stereocenters. The SMILES string of the molecule is c1ccc(-c2cccc(N3CCN(CCc4coc5ccccc45)CC3)c2)cc1. The van der Waals surface area contributed by atoms with Crippen molar-refractivity contribution in [3.05, 3.63) is 90.7 Å². The van der Waals surface area contributed by atoms with Crippen molar-refractivity contribution in [2.24, 2.45) is 0 Å². The number of nitrogens with zero attached hydrogens (tertiary/aromatic N) is 2. The van der Waals surface area contributed by atoms with Crippen molar-refractivity contribution < 1.29 is 4.42 Å². The van der Waals surface area contributed by atoms with E-state index in [1.165, 1.54) is 27.8 Å². The van der Waals surface area contributed by atoms with Crippen molar-refractivity contribution in [3.63, 3.8) is 0 Å². The van der Waals surface area contributed by atoms with Crippen molar-refractivity contribution in [3.8, 4) is 11.1 Å². The molecule has 1 saturated heterocycles. The molecule has 0 bridgehead atoms. The first-order valence-electron chi connectivity index (χ1n) is 10.4. The second kappa shape index (κ2) is 8.14. The van der Waals surface area contributed by atoms with Gasteiger partial charge in [-0.15, -0.1) is 0 Å². The Hall–Kier alpha value is -3.04. The van der Waals surface area contributed by atoms with Crippen LogP contribution in [0.4, 0.5) is 5.69 Å². The first-order chi connectivity index (χ1) is 14.4. The highest BCUT2D eigenvalue weighted by Crippen LogP contribution is 2.26. The molecule has 5 rings (SSSR count). The van der Waals surface area contributed by atoms with Crippen LogP contribution < -0.4 is 4.90 Å². The number of furan rings is 1. The summed E-state index contributed by atoms with van der Waals surface area (Å²) in [6, 6.07) is 27.9. The Morgan fingerprint density at radius 1 is 0.724 bits per heavy atom. The Morgan fingerprint density at radius 3 is 2.34 bits per heavy atom. The molecular weight excluding hydrogens is 356 g/mol. The van der Waals surface area contributed by atoms with Gasteiger partial charge in [0.15, 0.2) is 0 Å². The van der Waals surface area contributed by atoms with Crippen LogP contribution in [0.2, 0.25) is 0 Å². The Balaban J connectivity index is 1.20. The van der Waals surface area contributed by atoms with Gasteiger partial charge in [0.2, 0.25) is 0 Å². The zero-order valence-corrected chi connectivity index (χ0v) is 16.6. The summed E-state index contributed by atoms with van der Waals surface area (Å²) in [7, 11) is 0. The Kier molecular flexibility index (Phi) is 5.06. The van der Waals surface area contributed by atoms with E-state index in [2.05, 4.69) is 76.5 Å². The lowest BCUT2D eigenvalue weighted by atomic mass is 10.0. The normalized spacial score (nSPS) is 15.1. The molecule has 29 heavy (non-hydrogen) atoms. The number of hydrogen-bond acceptors (Lipinski definition) is 3. The van der Waals surface area contributed by atoms with Crippen molar-refractivity contribution in [1.82, 2.24) is 4.90 Å². The van der Waals surface area contributed by atoms with Crippen molar-refractivity contribution >= 4 is 16.7 Å². The molecule has 3 heteroatoms. The summed E-state index contributed by atoms with van der Waals surface area (Å²) in [4.78, 5) is 5.08. The smallest absolute Gasteiger partial charge is 0.134 e. The maximum atomic E-state index is 5.68. The molecular formula is C26H26N2O. The minimum Gasteiger partial charge on any atom is -0.464 e. The average molecular weight is 383 g/mol. The highest BCUT2D eigenvalue weighted by atomic mass is 16.3. The van der Waals surface area contributed by atoms with E-state index in [1.54, 1.807) is 0 Å². The van der Waals surface area contributed by atoms with E-state index in [1.807, 2.05) is 18.4 Å². The standard InChI is InChI=1S/C26H26N2O/c1-2-7-21(8-3-1)22-9-6-10-24(19-22)28-17-15-27(16-18-28)14-13-23-20-29-26-12-5-4-11-25(23)26/h1-12,19-20H,13-18H2. The topological polar surface area (TPSA) is 19.6 Å². The van der Waals surface area contributed by atoms with Crippen LogP contribution in [-0.2, 0) is 6.42 Å². The summed E-state index contributed by atoms with van der Waals surface area (Å²) in [6.45, 7) is 5.44. The van der Waals surface area contributed by atoms with Crippen LogP contribution in [0.25, 0.3) is 22.1 Å². The van der Waals surface area contributed by atoms with Crippen molar-refractivity contribution in [1.29, 1.82) is 0 Å². The second-order valence-corrected chi connectivity index (χ2v) is 7.75. The molecule has 1 aliphatic heterocycles. The van der Waals surface area contributed by atoms with E-state index in [9.17, 15) is 0 Å². The van der Waals surface area contributed by atoms with Gasteiger partial charge in [0.05, 0.1) is 6.26 Å². The van der Waals surface area contributed by atoms with Gasteiger partial charge in [0, 0.05) is 43.8 Å². The molecule has 0 N–H and O–H groups in total. The summed E-state index contributed by atoms with van der Waals surface area (Å²) in [5.74, 6) is 0. The average Bonchev–Trinajstić information content (AvgIpc) is 3.22. The van der Waals surface area contributed by atoms with E-state index in [0.717, 1.165) is 44.7 Å². The first-order valence-corrected chi connectivity index (χ1v) is 10.4. The maximum absolute atomic E-state index is 5.68. The monoisotopic (exact) mass is 382 g/mol. The van der Waals surface area contributed by atoms with Gasteiger partial charge >= 0.3 is 0 Å². The van der Waals surface area contributed by atoms with Crippen LogP contribution in [0, 0.1) is 0 Å². The van der Waals surface area contributed by atoms with E-state index in [0.29, 0.717) is 0 Å². The first kappa shape index (κ1) is 18.0. The number of anilines is 1. The second-order valence-electron chi connectivity index (χ2n) is 7.75. The molecule has 1 fully saturated rings. The van der Waals surface area contributed by atoms with Crippen LogP contribution in [0.15, 0.2) is 89.5 Å². The molecule has 146 valence electrons. The van der Waals surface area contributed by atoms with Crippen LogP contribution in [-0.4, -0.2) is 37.6 Å². The Bertz CT molecular complexity index is 1080. The van der Waals surface area contributed by atoms with E-state index in [4.69, 9.17) is 4.42 Å². The lowest BCUT2D eigenvalue weighted by Crippen LogP contribution is -2.47. The fraction of sp³-hybridized carbons (Fsp3) is 0.231. The Labute approximate surface area is 172 Å². The third-order valence-corrected chi connectivity index (χ3v) is 5.95. The fourth-order valence-electron chi connectivity index (χ4n) is 4.25. The third kappa shape index (κ3) is 3.92. The highest BCUT2D eigenvalue weighted by molar-refractivity contribution is 5.80. The predicted octanol–water partition coefficient (Wildman–Crippen LogP) is 5.46. The molecule has 4 aromatic rings. The lowest BCUT2D eigenvalue weighted by molar-refractivity contribution is 0.261. The molecule has 0 saturated carbocycles. The third-order valence-electron chi connectivity index (χ3n) is 5.95. The summed E-state index contributed by atoms with van der Waals surface area (Å²) < 4.78 is 5.68. The number of rotatable bonds is 5. The molecule has 1 aliphatic rings. The van der Waals surface area contributed by atoms with E-state index < -0.39 is 0 Å². The summed E-state index contributed by atoms with van der Waals surface area (Å²) in [5, 5.41) is 1.25. The molecule has 0 aliphatic carbocycles. The molecule has 0 radical (unpaired) electrons. The van der Waals surface area contributed by atoms with Crippen molar-refractivity contribution in [2.75, 3.05) is 37.6 Å². The maximum Gasteiger partial charge on any atom is 0.134 e. The fourth-order valence-corrected chi connectivity index (χ4v) is 4.25. The van der Waals surface area contributed by atoms with Gasteiger partial charge in [-0.3, -0.25) is 4.90 Å². The highest BCUT2D eigenvalue weighted by Gasteiger charge is 2.18. The summed E-state index contributed by atoms with van der Waals surface area (Å²) >= 11 is 0. The quantitative estimate of drug-likeness (QED) is 0.457. The molecule has 0 amide bonds. The van der Waals surface area contributed by atoms with Crippen LogP contribution in [0.1, 0.15) is 5.56 Å². The largest absolute Gasteiger partial charge is 0.464 e. The molecule has 3 aromatic carbocycles. The van der Waals surface area contributed by atoms with Gasteiger partial charge in [0.25, 0.3) is 0 Å². The number of para-hydroxylation sites is 1. The van der Waals surface area contributed by atoms with Crippen LogP contribution in [0.3, 0.4) is 0 Å². The molecule has 0 spiro atoms. The van der Waals surface area contributed by atoms with Crippen LogP contribution >= 0.6 is 0 Å². The summed E-state index contributed by atoms with van der Waals surface area (Å²) in [5.41, 5.74) is 6.20. The number of hydrogen-bond donors (Lipinski definition) is 0. The van der Waals surface area contributed by atoms with Gasteiger partial charge in [-0.1, -0.05) is 60.7 Å². The van der Waals surface area contributed by atoms with Gasteiger partial charge in [-0.25, -0.2) is 0 Å². The molecule has 2 heterocycles. The van der Waals surface area contributed by atoms with E-state index >= 15 is 0 Å². The van der Waals surface area contributed by atoms with Gasteiger partial charge in [-0.05, 0) is 41.3 Å². The number of benzene rings is 3. The van der Waals surface area contributed by atoms with E-state index in [-0.39, 0.29) is 0 Å². The number of fused-ring (bicyclic) bond motifs is 1. The van der Waals surface area contributed by atoms with Crippen LogP contribution in [0.5, 0.6) is 0 Å². The molecule has 0 unspecified atom stereocenters. The van der Waals surface area contributed by atoms with Crippen molar-refractivity contribution in [2.45, 2.75) is 6.42 Å². The minimum absolute atomic E-state index is 0.991.